The van der Waals surface area contributed by atoms with Crippen molar-refractivity contribution in [2.24, 2.45) is 5.73 Å². The number of aromatic nitrogens is 2. The molecule has 4 nitrogen and oxygen atoms in total. The number of hydrogen-bond donors (Lipinski definition) is 2. The molecule has 0 amide bonds. The molecule has 1 aromatic carbocycles. The molecule has 1 atom stereocenters. The smallest absolute Gasteiger partial charge is 0.0485 e. The van der Waals surface area contributed by atoms with Crippen LogP contribution in [0.2, 0.25) is 0 Å². The third-order valence-electron chi connectivity index (χ3n) is 7.84. The molecule has 2 aliphatic rings. The second kappa shape index (κ2) is 10.2. The molecular formula is C28H38N4. The molecule has 5 rings (SSSR count). The fourth-order valence-electron chi connectivity index (χ4n) is 6.01. The molecule has 3 aromatic rings. The second-order valence-corrected chi connectivity index (χ2v) is 9.99. The van der Waals surface area contributed by atoms with Gasteiger partial charge in [0.2, 0.25) is 0 Å². The first-order valence-electron chi connectivity index (χ1n) is 12.8. The summed E-state index contributed by atoms with van der Waals surface area (Å²) in [5, 5.41) is 5.26. The summed E-state index contributed by atoms with van der Waals surface area (Å²) in [6.07, 6.45) is 19.0. The third-order valence-corrected chi connectivity index (χ3v) is 7.84. The van der Waals surface area contributed by atoms with E-state index < -0.39 is 0 Å². The normalized spacial score (nSPS) is 23.4. The first-order chi connectivity index (χ1) is 15.8. The van der Waals surface area contributed by atoms with Crippen LogP contribution in [0.3, 0.4) is 0 Å². The largest absolute Gasteiger partial charge is 0.344 e. The minimum absolute atomic E-state index is 0.358. The van der Waals surface area contributed by atoms with Crippen LogP contribution in [0, 0.1) is 0 Å². The third kappa shape index (κ3) is 4.77. The average molecular weight is 431 g/mol. The zero-order valence-corrected chi connectivity index (χ0v) is 19.3. The van der Waals surface area contributed by atoms with Crippen molar-refractivity contribution in [2.45, 2.75) is 88.3 Å². The predicted octanol–water partition coefficient (Wildman–Crippen LogP) is 5.92. The maximum Gasteiger partial charge on any atom is 0.0485 e. The molecule has 0 aliphatic heterocycles. The van der Waals surface area contributed by atoms with Crippen LogP contribution in [0.4, 0.5) is 0 Å². The van der Waals surface area contributed by atoms with Gasteiger partial charge >= 0.3 is 0 Å². The second-order valence-electron chi connectivity index (χ2n) is 9.99. The van der Waals surface area contributed by atoms with Gasteiger partial charge in [0.15, 0.2) is 0 Å². The minimum Gasteiger partial charge on any atom is -0.344 e. The summed E-state index contributed by atoms with van der Waals surface area (Å²) >= 11 is 0. The molecule has 1 unspecified atom stereocenters. The van der Waals surface area contributed by atoms with Crippen molar-refractivity contribution in [1.29, 1.82) is 0 Å². The van der Waals surface area contributed by atoms with Crippen molar-refractivity contribution >= 4 is 10.9 Å². The van der Waals surface area contributed by atoms with Gasteiger partial charge in [-0.3, -0.25) is 4.98 Å². The van der Waals surface area contributed by atoms with E-state index in [0.29, 0.717) is 24.0 Å². The minimum atomic E-state index is 0.358. The molecule has 0 saturated heterocycles. The van der Waals surface area contributed by atoms with Crippen molar-refractivity contribution in [2.75, 3.05) is 6.54 Å². The molecule has 2 heterocycles. The molecule has 0 radical (unpaired) electrons. The summed E-state index contributed by atoms with van der Waals surface area (Å²) in [6, 6.07) is 15.0. The lowest BCUT2D eigenvalue weighted by molar-refractivity contribution is 0.340. The highest BCUT2D eigenvalue weighted by atomic mass is 15.0. The Labute approximate surface area is 192 Å². The topological polar surface area (TPSA) is 55.9 Å². The quantitative estimate of drug-likeness (QED) is 0.489. The van der Waals surface area contributed by atoms with Crippen molar-refractivity contribution in [3.63, 3.8) is 0 Å². The Hall–Kier alpha value is -2.17. The summed E-state index contributed by atoms with van der Waals surface area (Å²) in [5.74, 6) is 0.358. The molecule has 32 heavy (non-hydrogen) atoms. The number of rotatable bonds is 7. The average Bonchev–Trinajstić information content (AvgIpc) is 3.24. The highest BCUT2D eigenvalue weighted by Crippen LogP contribution is 2.38. The summed E-state index contributed by atoms with van der Waals surface area (Å²) < 4.78 is 2.60. The molecule has 170 valence electrons. The van der Waals surface area contributed by atoms with E-state index in [1.807, 2.05) is 6.20 Å². The van der Waals surface area contributed by atoms with Gasteiger partial charge < -0.3 is 15.6 Å². The fourth-order valence-corrected chi connectivity index (χ4v) is 6.01. The maximum absolute atomic E-state index is 6.11. The first kappa shape index (κ1) is 21.7. The molecule has 2 saturated carbocycles. The van der Waals surface area contributed by atoms with E-state index in [0.717, 1.165) is 25.8 Å². The van der Waals surface area contributed by atoms with E-state index in [1.54, 1.807) is 0 Å². The number of benzene rings is 1. The van der Waals surface area contributed by atoms with Gasteiger partial charge in [0, 0.05) is 53.5 Å². The molecule has 2 aromatic heterocycles. The van der Waals surface area contributed by atoms with Crippen LogP contribution < -0.4 is 11.1 Å². The number of hydrogen-bond acceptors (Lipinski definition) is 3. The summed E-state index contributed by atoms with van der Waals surface area (Å²) in [7, 11) is 0. The Morgan fingerprint density at radius 1 is 0.969 bits per heavy atom. The van der Waals surface area contributed by atoms with Crippen LogP contribution in [0.5, 0.6) is 0 Å². The van der Waals surface area contributed by atoms with E-state index >= 15 is 0 Å². The number of nitrogens with one attached hydrogen (secondary N) is 1. The molecule has 2 aliphatic carbocycles. The molecular weight excluding hydrogens is 392 g/mol. The van der Waals surface area contributed by atoms with Gasteiger partial charge in [-0.2, -0.15) is 0 Å². The van der Waals surface area contributed by atoms with Gasteiger partial charge in [-0.25, -0.2) is 0 Å². The van der Waals surface area contributed by atoms with Crippen LogP contribution in [0.25, 0.3) is 10.9 Å². The van der Waals surface area contributed by atoms with Crippen molar-refractivity contribution in [1.82, 2.24) is 14.9 Å². The number of nitrogens with two attached hydrogens (primary N) is 1. The summed E-state index contributed by atoms with van der Waals surface area (Å²) in [5.41, 5.74) is 10.3. The Morgan fingerprint density at radius 3 is 2.56 bits per heavy atom. The predicted molar refractivity (Wildman–Crippen MR) is 133 cm³/mol. The summed E-state index contributed by atoms with van der Waals surface area (Å²) in [4.78, 5) is 4.47. The van der Waals surface area contributed by atoms with Gasteiger partial charge in [-0.1, -0.05) is 43.5 Å². The Balaban J connectivity index is 1.42. The van der Waals surface area contributed by atoms with Crippen molar-refractivity contribution in [3.8, 4) is 0 Å². The molecule has 0 spiro atoms. The first-order valence-corrected chi connectivity index (χ1v) is 12.8. The SMILES string of the molecule is NC1CCC(NCCC(c2cccnc2)c2cn(C3CCCCC3)c3ccccc23)CC1. The number of para-hydroxylation sites is 1. The summed E-state index contributed by atoms with van der Waals surface area (Å²) in [6.45, 7) is 1.03. The van der Waals surface area contributed by atoms with Crippen LogP contribution in [0.15, 0.2) is 55.0 Å². The lowest BCUT2D eigenvalue weighted by Gasteiger charge is -2.28. The van der Waals surface area contributed by atoms with E-state index in [2.05, 4.69) is 63.7 Å². The monoisotopic (exact) mass is 430 g/mol. The zero-order chi connectivity index (χ0) is 21.8. The number of pyridine rings is 1. The zero-order valence-electron chi connectivity index (χ0n) is 19.3. The van der Waals surface area contributed by atoms with Crippen molar-refractivity contribution in [3.05, 3.63) is 66.1 Å². The van der Waals surface area contributed by atoms with E-state index in [4.69, 9.17) is 5.73 Å². The highest BCUT2D eigenvalue weighted by Gasteiger charge is 2.24. The van der Waals surface area contributed by atoms with E-state index in [1.165, 1.54) is 67.0 Å². The van der Waals surface area contributed by atoms with Crippen LogP contribution in [-0.4, -0.2) is 28.2 Å². The van der Waals surface area contributed by atoms with Gasteiger partial charge in [-0.05, 0) is 74.8 Å². The fraction of sp³-hybridized carbons (Fsp3) is 0.536. The molecule has 4 heteroatoms. The van der Waals surface area contributed by atoms with Crippen molar-refractivity contribution < 1.29 is 0 Å². The molecule has 2 fully saturated rings. The van der Waals surface area contributed by atoms with Crippen LogP contribution in [-0.2, 0) is 0 Å². The van der Waals surface area contributed by atoms with E-state index in [-0.39, 0.29) is 0 Å². The van der Waals surface area contributed by atoms with Crippen LogP contribution >= 0.6 is 0 Å². The Kier molecular flexibility index (Phi) is 6.89. The lowest BCUT2D eigenvalue weighted by Crippen LogP contribution is -2.38. The lowest BCUT2D eigenvalue weighted by atomic mass is 9.88. The van der Waals surface area contributed by atoms with Gasteiger partial charge in [0.05, 0.1) is 0 Å². The van der Waals surface area contributed by atoms with Gasteiger partial charge in [0.25, 0.3) is 0 Å². The van der Waals surface area contributed by atoms with Gasteiger partial charge in [-0.15, -0.1) is 0 Å². The van der Waals surface area contributed by atoms with Gasteiger partial charge in [0.1, 0.15) is 0 Å². The standard InChI is InChI=1S/C28H38N4/c29-22-12-14-23(15-13-22)31-18-16-25(21-7-6-17-30-19-21)27-20-32(24-8-2-1-3-9-24)28-11-5-4-10-26(27)28/h4-7,10-11,17,19-20,22-25,31H,1-3,8-9,12-16,18,29H2. The number of nitrogens with zero attached hydrogens (tertiary/aromatic N) is 2. The molecule has 0 bridgehead atoms. The van der Waals surface area contributed by atoms with E-state index in [9.17, 15) is 0 Å². The molecule has 3 N–H and O–H groups in total. The Morgan fingerprint density at radius 2 is 1.78 bits per heavy atom. The highest BCUT2D eigenvalue weighted by molar-refractivity contribution is 5.85. The number of fused-ring (bicyclic) bond motifs is 1. The maximum atomic E-state index is 6.11. The Bertz CT molecular complexity index is 981. The van der Waals surface area contributed by atoms with Crippen LogP contribution in [0.1, 0.15) is 87.3 Å².